The Balaban J connectivity index is 2.16. The lowest BCUT2D eigenvalue weighted by Crippen LogP contribution is -2.02. The fraction of sp³-hybridized carbons (Fsp3) is 0.143. The Labute approximate surface area is 118 Å². The number of hydrogen-bond donors (Lipinski definition) is 2. The molecule has 0 saturated carbocycles. The predicted molar refractivity (Wildman–Crippen MR) is 74.2 cm³/mol. The Hall–Kier alpha value is -1.62. The summed E-state index contributed by atoms with van der Waals surface area (Å²) in [5, 5.41) is 12.3. The standard InChI is InChI=1S/C14H12BrF2NO/c1-8-2-12(15)13(17)6-14(8)18-7-9-3-10(16)5-11(19)4-9/h2-6,18-19H,7H2,1H3. The normalized spacial score (nSPS) is 10.5. The summed E-state index contributed by atoms with van der Waals surface area (Å²) in [5.74, 6) is -0.999. The van der Waals surface area contributed by atoms with Crippen molar-refractivity contribution in [1.29, 1.82) is 0 Å². The number of benzene rings is 2. The first kappa shape index (κ1) is 13.8. The first-order chi connectivity index (χ1) is 8.95. The van der Waals surface area contributed by atoms with Gasteiger partial charge in [-0.3, -0.25) is 0 Å². The van der Waals surface area contributed by atoms with Crippen LogP contribution in [0.15, 0.2) is 34.8 Å². The summed E-state index contributed by atoms with van der Waals surface area (Å²) in [4.78, 5) is 0. The van der Waals surface area contributed by atoms with Crippen molar-refractivity contribution < 1.29 is 13.9 Å². The Morgan fingerprint density at radius 3 is 2.58 bits per heavy atom. The highest BCUT2D eigenvalue weighted by Crippen LogP contribution is 2.24. The van der Waals surface area contributed by atoms with Crippen LogP contribution >= 0.6 is 15.9 Å². The van der Waals surface area contributed by atoms with Gasteiger partial charge in [0.15, 0.2) is 0 Å². The highest BCUT2D eigenvalue weighted by Gasteiger charge is 2.06. The number of halogens is 3. The molecule has 0 radical (unpaired) electrons. The van der Waals surface area contributed by atoms with Crippen LogP contribution in [0.5, 0.6) is 5.75 Å². The van der Waals surface area contributed by atoms with Crippen molar-refractivity contribution in [2.75, 3.05) is 5.32 Å². The number of anilines is 1. The molecule has 2 N–H and O–H groups in total. The van der Waals surface area contributed by atoms with E-state index in [9.17, 15) is 13.9 Å². The van der Waals surface area contributed by atoms with Gasteiger partial charge in [0, 0.05) is 18.3 Å². The molecule has 2 nitrogen and oxygen atoms in total. The number of hydrogen-bond acceptors (Lipinski definition) is 2. The van der Waals surface area contributed by atoms with Gasteiger partial charge in [0.05, 0.1) is 4.47 Å². The summed E-state index contributed by atoms with van der Waals surface area (Å²) in [6, 6.07) is 6.85. The highest BCUT2D eigenvalue weighted by atomic mass is 79.9. The van der Waals surface area contributed by atoms with Crippen molar-refractivity contribution in [2.24, 2.45) is 0 Å². The molecule has 19 heavy (non-hydrogen) atoms. The minimum Gasteiger partial charge on any atom is -0.508 e. The number of nitrogens with one attached hydrogen (secondary N) is 1. The van der Waals surface area contributed by atoms with E-state index >= 15 is 0 Å². The summed E-state index contributed by atoms with van der Waals surface area (Å²) < 4.78 is 26.9. The van der Waals surface area contributed by atoms with Gasteiger partial charge in [0.2, 0.25) is 0 Å². The zero-order valence-corrected chi connectivity index (χ0v) is 11.8. The molecule has 100 valence electrons. The smallest absolute Gasteiger partial charge is 0.139 e. The van der Waals surface area contributed by atoms with E-state index < -0.39 is 5.82 Å². The maximum Gasteiger partial charge on any atom is 0.139 e. The maximum atomic E-state index is 13.4. The highest BCUT2D eigenvalue weighted by molar-refractivity contribution is 9.10. The van der Waals surface area contributed by atoms with Crippen LogP contribution in [-0.2, 0) is 6.54 Å². The van der Waals surface area contributed by atoms with Crippen LogP contribution in [0.1, 0.15) is 11.1 Å². The largest absolute Gasteiger partial charge is 0.508 e. The Kier molecular flexibility index (Phi) is 4.04. The molecule has 0 saturated heterocycles. The average Bonchev–Trinajstić information content (AvgIpc) is 2.31. The summed E-state index contributed by atoms with van der Waals surface area (Å²) in [7, 11) is 0. The fourth-order valence-corrected chi connectivity index (χ4v) is 2.23. The van der Waals surface area contributed by atoms with Gasteiger partial charge < -0.3 is 10.4 Å². The molecule has 0 atom stereocenters. The molecular weight excluding hydrogens is 316 g/mol. The van der Waals surface area contributed by atoms with E-state index in [0.717, 1.165) is 11.6 Å². The van der Waals surface area contributed by atoms with E-state index in [4.69, 9.17) is 0 Å². The molecular formula is C14H12BrF2NO. The molecule has 0 spiro atoms. The summed E-state index contributed by atoms with van der Waals surface area (Å²) >= 11 is 3.11. The van der Waals surface area contributed by atoms with Gasteiger partial charge in [-0.1, -0.05) is 0 Å². The van der Waals surface area contributed by atoms with Crippen LogP contribution in [0.4, 0.5) is 14.5 Å². The summed E-state index contributed by atoms with van der Waals surface area (Å²) in [6.45, 7) is 2.14. The SMILES string of the molecule is Cc1cc(Br)c(F)cc1NCc1cc(O)cc(F)c1. The molecule has 0 heterocycles. The van der Waals surface area contributed by atoms with Crippen LogP contribution in [0, 0.1) is 18.6 Å². The summed E-state index contributed by atoms with van der Waals surface area (Å²) in [5.41, 5.74) is 2.08. The van der Waals surface area contributed by atoms with Gasteiger partial charge in [0.1, 0.15) is 17.4 Å². The molecule has 0 aliphatic heterocycles. The minimum absolute atomic E-state index is 0.129. The third kappa shape index (κ3) is 3.44. The number of phenolic OH excluding ortho intramolecular Hbond substituents is 1. The van der Waals surface area contributed by atoms with Gasteiger partial charge in [-0.05, 0) is 58.2 Å². The lowest BCUT2D eigenvalue weighted by molar-refractivity contribution is 0.468. The van der Waals surface area contributed by atoms with E-state index in [2.05, 4.69) is 21.2 Å². The molecule has 0 fully saturated rings. The molecule has 0 unspecified atom stereocenters. The molecule has 2 aromatic carbocycles. The lowest BCUT2D eigenvalue weighted by Gasteiger charge is -2.11. The van der Waals surface area contributed by atoms with Gasteiger partial charge in [-0.2, -0.15) is 0 Å². The zero-order chi connectivity index (χ0) is 14.0. The van der Waals surface area contributed by atoms with Crippen molar-refractivity contribution in [2.45, 2.75) is 13.5 Å². The first-order valence-corrected chi connectivity index (χ1v) is 6.43. The van der Waals surface area contributed by atoms with Crippen LogP contribution < -0.4 is 5.32 Å². The van der Waals surface area contributed by atoms with Crippen LogP contribution in [0.25, 0.3) is 0 Å². The second-order valence-corrected chi connectivity index (χ2v) is 5.11. The molecule has 0 aliphatic rings. The molecule has 0 aromatic heterocycles. The van der Waals surface area contributed by atoms with Crippen LogP contribution in [0.2, 0.25) is 0 Å². The quantitative estimate of drug-likeness (QED) is 0.878. The molecule has 5 heteroatoms. The lowest BCUT2D eigenvalue weighted by atomic mass is 10.1. The number of phenols is 1. The first-order valence-electron chi connectivity index (χ1n) is 5.63. The number of aryl methyl sites for hydroxylation is 1. The zero-order valence-electron chi connectivity index (χ0n) is 10.2. The Morgan fingerprint density at radius 2 is 1.89 bits per heavy atom. The second kappa shape index (κ2) is 5.57. The van der Waals surface area contributed by atoms with Gasteiger partial charge >= 0.3 is 0 Å². The third-order valence-electron chi connectivity index (χ3n) is 2.69. The number of rotatable bonds is 3. The van der Waals surface area contributed by atoms with E-state index in [0.29, 0.717) is 22.3 Å². The van der Waals surface area contributed by atoms with E-state index in [1.54, 1.807) is 6.07 Å². The fourth-order valence-electron chi connectivity index (χ4n) is 1.77. The van der Waals surface area contributed by atoms with Gasteiger partial charge in [-0.15, -0.1) is 0 Å². The van der Waals surface area contributed by atoms with E-state index in [-0.39, 0.29) is 11.6 Å². The molecule has 0 amide bonds. The topological polar surface area (TPSA) is 32.3 Å². The predicted octanol–water partition coefficient (Wildman–Crippen LogP) is 4.35. The third-order valence-corrected chi connectivity index (χ3v) is 3.30. The molecule has 0 bridgehead atoms. The molecule has 2 rings (SSSR count). The monoisotopic (exact) mass is 327 g/mol. The van der Waals surface area contributed by atoms with Gasteiger partial charge in [-0.25, -0.2) is 8.78 Å². The number of aromatic hydroxyl groups is 1. The van der Waals surface area contributed by atoms with Crippen LogP contribution in [-0.4, -0.2) is 5.11 Å². The minimum atomic E-state index is -0.504. The van der Waals surface area contributed by atoms with Crippen molar-refractivity contribution in [1.82, 2.24) is 0 Å². The second-order valence-electron chi connectivity index (χ2n) is 4.25. The van der Waals surface area contributed by atoms with Crippen molar-refractivity contribution in [3.05, 3.63) is 57.6 Å². The maximum absolute atomic E-state index is 13.4. The van der Waals surface area contributed by atoms with E-state index in [1.165, 1.54) is 18.2 Å². The Bertz CT molecular complexity index is 596. The summed E-state index contributed by atoms with van der Waals surface area (Å²) in [6.07, 6.45) is 0. The van der Waals surface area contributed by atoms with Crippen molar-refractivity contribution in [3.63, 3.8) is 0 Å². The average molecular weight is 328 g/mol. The van der Waals surface area contributed by atoms with Crippen LogP contribution in [0.3, 0.4) is 0 Å². The van der Waals surface area contributed by atoms with Gasteiger partial charge in [0.25, 0.3) is 0 Å². The molecule has 2 aromatic rings. The van der Waals surface area contributed by atoms with E-state index in [1.807, 2.05) is 6.92 Å². The van der Waals surface area contributed by atoms with Crippen molar-refractivity contribution in [3.8, 4) is 5.75 Å². The Morgan fingerprint density at radius 1 is 1.16 bits per heavy atom. The van der Waals surface area contributed by atoms with Crippen molar-refractivity contribution >= 4 is 21.6 Å². The molecule has 0 aliphatic carbocycles.